The zero-order chi connectivity index (χ0) is 30.7. The van der Waals surface area contributed by atoms with Crippen LogP contribution < -0.4 is 10.6 Å². The van der Waals surface area contributed by atoms with Gasteiger partial charge in [-0.2, -0.15) is 5.10 Å². The summed E-state index contributed by atoms with van der Waals surface area (Å²) < 4.78 is 1.52. The third-order valence-corrected chi connectivity index (χ3v) is 6.96. The van der Waals surface area contributed by atoms with Crippen molar-refractivity contribution in [2.75, 3.05) is 31.3 Å². The lowest BCUT2D eigenvalue weighted by Crippen LogP contribution is -2.29. The van der Waals surface area contributed by atoms with Crippen LogP contribution in [0.25, 0.3) is 10.9 Å². The number of benzene rings is 3. The molecule has 5 aromatic rings. The van der Waals surface area contributed by atoms with Crippen molar-refractivity contribution in [2.24, 2.45) is 12.0 Å². The number of aliphatic imine (C=N–C) groups is 1. The molecule has 4 N–H and O–H groups in total. The SMILES string of the molecule is Cc1cc(C(=O)Nc2cccc(C(=O)c3ccc4c(C=Nc5ccc(NC(C)CN(C)C)cc5)c(O)[nH]c4c3)c2)n(C)n1. The first-order valence-corrected chi connectivity index (χ1v) is 13.9. The van der Waals surface area contributed by atoms with E-state index in [4.69, 9.17) is 0 Å². The van der Waals surface area contributed by atoms with Crippen molar-refractivity contribution in [2.45, 2.75) is 19.9 Å². The fraction of sp³-hybridized carbons (Fsp3) is 0.212. The van der Waals surface area contributed by atoms with Crippen LogP contribution in [0, 0.1) is 6.92 Å². The Balaban J connectivity index is 1.30. The predicted octanol–water partition coefficient (Wildman–Crippen LogP) is 5.51. The molecule has 0 fully saturated rings. The molecule has 220 valence electrons. The summed E-state index contributed by atoms with van der Waals surface area (Å²) in [6.45, 7) is 4.87. The van der Waals surface area contributed by atoms with E-state index in [0.717, 1.165) is 29.0 Å². The maximum atomic E-state index is 13.4. The van der Waals surface area contributed by atoms with Crippen molar-refractivity contribution in [1.82, 2.24) is 19.7 Å². The van der Waals surface area contributed by atoms with Gasteiger partial charge in [0.2, 0.25) is 0 Å². The molecule has 0 saturated carbocycles. The molecule has 0 aliphatic rings. The van der Waals surface area contributed by atoms with Crippen LogP contribution >= 0.6 is 0 Å². The highest BCUT2D eigenvalue weighted by atomic mass is 16.3. The number of likely N-dealkylation sites (N-methyl/N-ethyl adjacent to an activating group) is 1. The molecule has 10 heteroatoms. The number of nitrogens with zero attached hydrogens (tertiary/aromatic N) is 4. The van der Waals surface area contributed by atoms with Crippen LogP contribution in [0.2, 0.25) is 0 Å². The number of H-pyrrole nitrogens is 1. The second kappa shape index (κ2) is 12.3. The molecule has 5 rings (SSSR count). The molecule has 0 radical (unpaired) electrons. The van der Waals surface area contributed by atoms with E-state index >= 15 is 0 Å². The number of hydrogen-bond donors (Lipinski definition) is 4. The fourth-order valence-corrected chi connectivity index (χ4v) is 5.06. The van der Waals surface area contributed by atoms with Crippen LogP contribution in [-0.2, 0) is 7.05 Å². The van der Waals surface area contributed by atoms with Gasteiger partial charge >= 0.3 is 0 Å². The number of nitrogens with one attached hydrogen (secondary N) is 3. The van der Waals surface area contributed by atoms with Crippen molar-refractivity contribution < 1.29 is 14.7 Å². The van der Waals surface area contributed by atoms with E-state index in [9.17, 15) is 14.7 Å². The Morgan fingerprint density at radius 2 is 1.79 bits per heavy atom. The predicted molar refractivity (Wildman–Crippen MR) is 171 cm³/mol. The van der Waals surface area contributed by atoms with Gasteiger partial charge in [0.15, 0.2) is 11.7 Å². The summed E-state index contributed by atoms with van der Waals surface area (Å²) in [5.74, 6) is -0.561. The minimum Gasteiger partial charge on any atom is -0.494 e. The van der Waals surface area contributed by atoms with Gasteiger partial charge in [0, 0.05) is 59.3 Å². The van der Waals surface area contributed by atoms with E-state index in [1.165, 1.54) is 4.68 Å². The lowest BCUT2D eigenvalue weighted by atomic mass is 10.0. The Kier molecular flexibility index (Phi) is 8.40. The van der Waals surface area contributed by atoms with Crippen LogP contribution in [0.5, 0.6) is 5.88 Å². The highest BCUT2D eigenvalue weighted by Gasteiger charge is 2.16. The quantitative estimate of drug-likeness (QED) is 0.128. The third kappa shape index (κ3) is 6.82. The van der Waals surface area contributed by atoms with Crippen LogP contribution in [0.1, 0.15) is 44.6 Å². The molecule has 2 aromatic heterocycles. The van der Waals surface area contributed by atoms with E-state index in [2.05, 4.69) is 37.5 Å². The number of aromatic nitrogens is 3. The molecule has 1 atom stereocenters. The molecule has 0 spiro atoms. The lowest BCUT2D eigenvalue weighted by Gasteiger charge is -2.19. The Morgan fingerprint density at radius 3 is 2.49 bits per heavy atom. The van der Waals surface area contributed by atoms with Crippen LogP contribution in [0.3, 0.4) is 0 Å². The molecule has 0 bridgehead atoms. The summed E-state index contributed by atoms with van der Waals surface area (Å²) in [6.07, 6.45) is 1.61. The number of aromatic hydroxyl groups is 1. The summed E-state index contributed by atoms with van der Waals surface area (Å²) in [7, 11) is 5.79. The second-order valence-electron chi connectivity index (χ2n) is 10.9. The summed E-state index contributed by atoms with van der Waals surface area (Å²) in [4.78, 5) is 35.7. The number of hydrogen-bond acceptors (Lipinski definition) is 7. The first kappa shape index (κ1) is 29.3. The minimum atomic E-state index is -0.313. The summed E-state index contributed by atoms with van der Waals surface area (Å²) >= 11 is 0. The van der Waals surface area contributed by atoms with Gasteiger partial charge in [-0.3, -0.25) is 19.3 Å². The molecular weight excluding hydrogens is 542 g/mol. The van der Waals surface area contributed by atoms with Crippen molar-refractivity contribution in [3.63, 3.8) is 0 Å². The zero-order valence-corrected chi connectivity index (χ0v) is 24.8. The van der Waals surface area contributed by atoms with E-state index in [0.29, 0.717) is 39.6 Å². The summed E-state index contributed by atoms with van der Waals surface area (Å²) in [5, 5.41) is 21.9. The largest absolute Gasteiger partial charge is 0.494 e. The maximum absolute atomic E-state index is 13.4. The summed E-state index contributed by atoms with van der Waals surface area (Å²) in [6, 6.07) is 21.8. The molecule has 3 aromatic carbocycles. The molecule has 2 heterocycles. The van der Waals surface area contributed by atoms with Gasteiger partial charge < -0.3 is 25.6 Å². The number of aromatic amines is 1. The number of anilines is 2. The summed E-state index contributed by atoms with van der Waals surface area (Å²) in [5.41, 5.74) is 5.42. The number of fused-ring (bicyclic) bond motifs is 1. The van der Waals surface area contributed by atoms with Gasteiger partial charge in [-0.05, 0) is 76.5 Å². The molecule has 1 unspecified atom stereocenters. The van der Waals surface area contributed by atoms with Crippen molar-refractivity contribution in [3.05, 3.63) is 101 Å². The topological polar surface area (TPSA) is 128 Å². The molecule has 0 aliphatic heterocycles. The minimum absolute atomic E-state index is 0.0331. The Bertz CT molecular complexity index is 1820. The number of rotatable bonds is 10. The number of aryl methyl sites for hydroxylation is 2. The number of carbonyl (C=O) groups is 2. The lowest BCUT2D eigenvalue weighted by molar-refractivity contribution is 0.101. The van der Waals surface area contributed by atoms with Gasteiger partial charge in [-0.1, -0.05) is 24.3 Å². The Labute approximate surface area is 250 Å². The van der Waals surface area contributed by atoms with Crippen LogP contribution in [0.15, 0.2) is 77.8 Å². The van der Waals surface area contributed by atoms with E-state index < -0.39 is 0 Å². The molecule has 0 aliphatic carbocycles. The van der Waals surface area contributed by atoms with Crippen molar-refractivity contribution >= 4 is 45.9 Å². The highest BCUT2D eigenvalue weighted by Crippen LogP contribution is 2.28. The zero-order valence-electron chi connectivity index (χ0n) is 24.8. The first-order chi connectivity index (χ1) is 20.6. The van der Waals surface area contributed by atoms with Crippen LogP contribution in [-0.4, -0.2) is 69.4 Å². The normalized spacial score (nSPS) is 12.2. The molecular formula is C33H35N7O3. The highest BCUT2D eigenvalue weighted by molar-refractivity contribution is 6.13. The Morgan fingerprint density at radius 1 is 1.05 bits per heavy atom. The standard InChI is InChI=1S/C33H35N7O3/c1-20-15-30(40(5)38-20)33(43)36-26-8-6-7-22(16-26)31(41)23-9-14-27-28(32(42)37-29(27)17-23)18-34-24-10-12-25(13-11-24)35-21(2)19-39(3)4/h6-18,21,35,37,42H,19H2,1-5H3,(H,36,43). The maximum Gasteiger partial charge on any atom is 0.273 e. The molecule has 43 heavy (non-hydrogen) atoms. The number of ketones is 1. The first-order valence-electron chi connectivity index (χ1n) is 13.9. The number of amides is 1. The van der Waals surface area contributed by atoms with E-state index in [1.807, 2.05) is 45.3 Å². The van der Waals surface area contributed by atoms with E-state index in [-0.39, 0.29) is 17.6 Å². The monoisotopic (exact) mass is 577 g/mol. The van der Waals surface area contributed by atoms with Crippen molar-refractivity contribution in [3.8, 4) is 5.88 Å². The smallest absolute Gasteiger partial charge is 0.273 e. The van der Waals surface area contributed by atoms with Gasteiger partial charge in [0.1, 0.15) is 5.69 Å². The third-order valence-electron chi connectivity index (χ3n) is 6.96. The molecule has 10 nitrogen and oxygen atoms in total. The average molecular weight is 578 g/mol. The fourth-order valence-electron chi connectivity index (χ4n) is 5.06. The van der Waals surface area contributed by atoms with Gasteiger partial charge in [0.05, 0.1) is 16.9 Å². The van der Waals surface area contributed by atoms with E-state index in [1.54, 1.807) is 61.8 Å². The molecule has 0 saturated heterocycles. The molecule has 1 amide bonds. The van der Waals surface area contributed by atoms with Gasteiger partial charge in [-0.15, -0.1) is 0 Å². The Hall–Kier alpha value is -5.22. The van der Waals surface area contributed by atoms with Gasteiger partial charge in [0.25, 0.3) is 5.91 Å². The second-order valence-corrected chi connectivity index (χ2v) is 10.9. The average Bonchev–Trinajstić information content (AvgIpc) is 3.47. The van der Waals surface area contributed by atoms with Gasteiger partial charge in [-0.25, -0.2) is 0 Å². The van der Waals surface area contributed by atoms with Crippen LogP contribution in [0.4, 0.5) is 17.1 Å². The number of carbonyl (C=O) groups excluding carboxylic acids is 2. The van der Waals surface area contributed by atoms with Crippen molar-refractivity contribution in [1.29, 1.82) is 0 Å².